The van der Waals surface area contributed by atoms with Gasteiger partial charge in [-0.2, -0.15) is 28.4 Å². The summed E-state index contributed by atoms with van der Waals surface area (Å²) in [6, 6.07) is 7.69. The molecule has 2 fully saturated rings. The Balaban J connectivity index is 1.33. The quantitative estimate of drug-likeness (QED) is 0.144. The van der Waals surface area contributed by atoms with Gasteiger partial charge in [-0.25, -0.2) is 18.2 Å². The van der Waals surface area contributed by atoms with Crippen molar-refractivity contribution in [2.24, 2.45) is 0 Å². The van der Waals surface area contributed by atoms with E-state index in [1.807, 2.05) is 11.0 Å². The summed E-state index contributed by atoms with van der Waals surface area (Å²) in [6.45, 7) is 0.399. The molecule has 2 aromatic carbocycles. The number of rotatable bonds is 8. The molecule has 0 saturated carbocycles. The number of thiophene rings is 1. The van der Waals surface area contributed by atoms with E-state index in [4.69, 9.17) is 30.3 Å². The summed E-state index contributed by atoms with van der Waals surface area (Å²) in [5, 5.41) is 9.16. The number of nitriles is 1. The van der Waals surface area contributed by atoms with Gasteiger partial charge in [0.2, 0.25) is 0 Å². The Morgan fingerprint density at radius 3 is 2.72 bits per heavy atom. The number of hydrogen-bond donors (Lipinski definition) is 2. The topological polar surface area (TPSA) is 153 Å². The van der Waals surface area contributed by atoms with E-state index in [0.717, 1.165) is 18.6 Å². The molecular weight excluding hydrogens is 775 g/mol. The molecule has 4 N–H and O–H groups in total. The fraction of sp³-hybridized carbons (Fsp3) is 0.333. The highest BCUT2D eigenvalue weighted by Crippen LogP contribution is 2.54. The van der Waals surface area contributed by atoms with E-state index in [9.17, 15) is 9.65 Å². The van der Waals surface area contributed by atoms with Crippen LogP contribution in [0.3, 0.4) is 0 Å². The molecular formula is C39H32F6N8O3S. The molecule has 0 bridgehead atoms. The van der Waals surface area contributed by atoms with Gasteiger partial charge in [-0.3, -0.25) is 4.90 Å². The van der Waals surface area contributed by atoms with Crippen molar-refractivity contribution in [3.05, 3.63) is 82.9 Å². The van der Waals surface area contributed by atoms with Crippen LogP contribution in [0, 0.1) is 23.0 Å². The molecule has 0 spiro atoms. The number of pyridine rings is 1. The highest BCUT2D eigenvalue weighted by Gasteiger charge is 2.50. The molecule has 9 rings (SSSR count). The van der Waals surface area contributed by atoms with Crippen molar-refractivity contribution in [1.82, 2.24) is 19.9 Å². The summed E-state index contributed by atoms with van der Waals surface area (Å²) < 4.78 is 112. The van der Waals surface area contributed by atoms with Gasteiger partial charge in [-0.15, -0.1) is 11.3 Å². The van der Waals surface area contributed by atoms with Gasteiger partial charge in [0.15, 0.2) is 5.82 Å². The summed E-state index contributed by atoms with van der Waals surface area (Å²) in [4.78, 5) is 17.0. The first-order valence-corrected chi connectivity index (χ1v) is 18.9. The van der Waals surface area contributed by atoms with Crippen LogP contribution < -0.4 is 25.8 Å². The zero-order chi connectivity index (χ0) is 39.8. The lowest BCUT2D eigenvalue weighted by molar-refractivity contribution is -0.138. The second kappa shape index (κ2) is 13.7. The molecule has 3 atom stereocenters. The lowest BCUT2D eigenvalue weighted by Gasteiger charge is -2.33. The lowest BCUT2D eigenvalue weighted by Crippen LogP contribution is -2.43. The highest BCUT2D eigenvalue weighted by molar-refractivity contribution is 7.23. The normalized spacial score (nSPS) is 20.1. The van der Waals surface area contributed by atoms with Crippen LogP contribution in [0.15, 0.2) is 53.5 Å². The average molecular weight is 807 g/mol. The van der Waals surface area contributed by atoms with E-state index in [1.165, 1.54) is 18.7 Å². The monoisotopic (exact) mass is 806 g/mol. The summed E-state index contributed by atoms with van der Waals surface area (Å²) in [7, 11) is 0. The molecule has 6 aromatic rings. The first kappa shape index (κ1) is 36.8. The molecule has 294 valence electrons. The van der Waals surface area contributed by atoms with Crippen molar-refractivity contribution >= 4 is 49.0 Å². The van der Waals surface area contributed by atoms with Gasteiger partial charge in [0, 0.05) is 42.1 Å². The van der Waals surface area contributed by atoms with Crippen LogP contribution >= 0.6 is 11.3 Å². The van der Waals surface area contributed by atoms with Crippen molar-refractivity contribution < 1.29 is 40.2 Å². The number of nitrogens with two attached hydrogens (primary N) is 2. The fourth-order valence-electron chi connectivity index (χ4n) is 8.75. The minimum atomic E-state index is -5.27. The van der Waals surface area contributed by atoms with Gasteiger partial charge >= 0.3 is 12.2 Å². The maximum atomic E-state index is 17.7. The first-order valence-electron chi connectivity index (χ1n) is 18.1. The number of fused-ring (bicyclic) bond motifs is 2. The number of furan rings is 1. The molecule has 0 aliphatic carbocycles. The molecule has 4 aromatic heterocycles. The summed E-state index contributed by atoms with van der Waals surface area (Å²) >= 11 is 0.661. The first-order chi connectivity index (χ1) is 27.4. The number of nitrogen functional groups attached to an aromatic ring is 2. The number of benzene rings is 2. The third-order valence-corrected chi connectivity index (χ3v) is 12.2. The van der Waals surface area contributed by atoms with Crippen molar-refractivity contribution in [2.45, 2.75) is 49.6 Å². The summed E-state index contributed by atoms with van der Waals surface area (Å²) in [5.74, 6) is -3.07. The zero-order valence-corrected chi connectivity index (χ0v) is 30.7. The Morgan fingerprint density at radius 2 is 1.96 bits per heavy atom. The molecule has 57 heavy (non-hydrogen) atoms. The lowest BCUT2D eigenvalue weighted by atomic mass is 9.91. The van der Waals surface area contributed by atoms with Gasteiger partial charge in [-0.1, -0.05) is 12.1 Å². The van der Waals surface area contributed by atoms with Crippen molar-refractivity contribution in [3.8, 4) is 29.0 Å². The number of ether oxygens (including phenoxy) is 2. The van der Waals surface area contributed by atoms with Gasteiger partial charge in [-0.05, 0) is 48.7 Å². The number of alkyl halides is 4. The maximum Gasteiger partial charge on any atom is 0.420 e. The second-order valence-electron chi connectivity index (χ2n) is 14.4. The zero-order valence-electron chi connectivity index (χ0n) is 29.9. The number of anilines is 3. The third-order valence-electron chi connectivity index (χ3n) is 11.2. The van der Waals surface area contributed by atoms with E-state index in [0.29, 0.717) is 35.4 Å². The van der Waals surface area contributed by atoms with Crippen LogP contribution in [0.25, 0.3) is 32.1 Å². The van der Waals surface area contributed by atoms with Crippen LogP contribution in [-0.2, 0) is 12.6 Å². The van der Waals surface area contributed by atoms with E-state index >= 15 is 22.0 Å². The van der Waals surface area contributed by atoms with Crippen LogP contribution in [0.4, 0.5) is 43.0 Å². The third kappa shape index (κ3) is 6.02. The fourth-order valence-corrected chi connectivity index (χ4v) is 9.70. The SMILES string of the molecule is N#Cc1c(N)sc2c(F)ccc(-c3c(C(F)(F)F)c4c5c(nc(OC[C@@]67CCCN6C[C@H](F)C7)nc5c3F)N([C@H](Cc3ccoc3)c3cccnc3N)CCO4)c12. The van der Waals surface area contributed by atoms with Gasteiger partial charge in [0.05, 0.1) is 46.3 Å². The Bertz CT molecular complexity index is 2600. The smallest absolute Gasteiger partial charge is 0.420 e. The highest BCUT2D eigenvalue weighted by atomic mass is 32.1. The summed E-state index contributed by atoms with van der Waals surface area (Å²) in [6.07, 6.45) is -0.0273. The van der Waals surface area contributed by atoms with Crippen molar-refractivity contribution in [2.75, 3.05) is 49.2 Å². The Kier molecular flexibility index (Phi) is 8.84. The molecule has 0 unspecified atom stereocenters. The molecule has 18 heteroatoms. The standard InChI is InChI=1S/C39H32F6N8O3S/c40-20-14-38(7-2-9-52(38)16-20)18-56-37-50-31-28-32(29(39(43,44)45)27(30(31)42)22-4-5-24(41)33-26(22)23(15-46)35(48)57-33)55-12-10-53(36(28)51-37)25(13-19-6-11-54-17-19)21-3-1-8-49-34(21)47/h1,3-6,8,11,17,20,25H,2,7,9-10,12-14,16,18,48H2,(H2,47,49)/t20-,25-,38+/m1/s1. The minimum Gasteiger partial charge on any atom is -0.490 e. The minimum absolute atomic E-state index is 0.0663. The molecule has 11 nitrogen and oxygen atoms in total. The van der Waals surface area contributed by atoms with Crippen molar-refractivity contribution in [3.63, 3.8) is 0 Å². The average Bonchev–Trinajstić information content (AvgIpc) is 3.94. The predicted octanol–water partition coefficient (Wildman–Crippen LogP) is 7.97. The predicted molar refractivity (Wildman–Crippen MR) is 200 cm³/mol. The largest absolute Gasteiger partial charge is 0.490 e. The van der Waals surface area contributed by atoms with Crippen LogP contribution in [0.2, 0.25) is 0 Å². The van der Waals surface area contributed by atoms with Gasteiger partial charge in [0.1, 0.15) is 64.7 Å². The van der Waals surface area contributed by atoms with Crippen molar-refractivity contribution in [1.29, 1.82) is 5.26 Å². The second-order valence-corrected chi connectivity index (χ2v) is 15.5. The van der Waals surface area contributed by atoms with E-state index in [1.54, 1.807) is 23.1 Å². The van der Waals surface area contributed by atoms with E-state index in [2.05, 4.69) is 9.97 Å². The molecule has 2 saturated heterocycles. The summed E-state index contributed by atoms with van der Waals surface area (Å²) in [5.41, 5.74) is 9.12. The van der Waals surface area contributed by atoms with Gasteiger partial charge < -0.3 is 30.3 Å². The van der Waals surface area contributed by atoms with E-state index in [-0.39, 0.29) is 77.4 Å². The number of hydrogen-bond acceptors (Lipinski definition) is 12. The van der Waals surface area contributed by atoms with Crippen LogP contribution in [0.5, 0.6) is 11.8 Å². The van der Waals surface area contributed by atoms with Crippen LogP contribution in [0.1, 0.15) is 47.6 Å². The molecule has 3 aliphatic heterocycles. The number of nitrogens with zero attached hydrogens (tertiary/aromatic N) is 6. The molecule has 0 radical (unpaired) electrons. The molecule has 3 aliphatic rings. The maximum absolute atomic E-state index is 17.7. The Morgan fingerprint density at radius 1 is 1.12 bits per heavy atom. The Labute approximate surface area is 324 Å². The van der Waals surface area contributed by atoms with Gasteiger partial charge in [0.25, 0.3) is 0 Å². The Hall–Kier alpha value is -5.80. The molecule has 0 amide bonds. The number of aromatic nitrogens is 3. The van der Waals surface area contributed by atoms with Crippen LogP contribution in [-0.4, -0.2) is 64.4 Å². The molecule has 7 heterocycles. The number of halogens is 6. The van der Waals surface area contributed by atoms with E-state index < -0.39 is 68.9 Å².